The van der Waals surface area contributed by atoms with Crippen LogP contribution in [0.2, 0.25) is 0 Å². The number of aryl methyl sites for hydroxylation is 2. The molecule has 3 heterocycles. The maximum Gasteiger partial charge on any atom is 0.273 e. The molecule has 1 fully saturated rings. The van der Waals surface area contributed by atoms with E-state index in [1.54, 1.807) is 34.2 Å². The van der Waals surface area contributed by atoms with E-state index in [0.29, 0.717) is 37.8 Å². The number of nitrogens with zero attached hydrogens (tertiary/aromatic N) is 7. The molecular weight excluding hydrogens is 434 g/mol. The summed E-state index contributed by atoms with van der Waals surface area (Å²) in [4.78, 5) is 28.5. The molecule has 0 unspecified atom stereocenters. The summed E-state index contributed by atoms with van der Waals surface area (Å²) in [6, 6.07) is 3.72. The van der Waals surface area contributed by atoms with Crippen molar-refractivity contribution in [2.75, 3.05) is 5.32 Å². The van der Waals surface area contributed by atoms with Crippen molar-refractivity contribution in [2.24, 2.45) is 5.92 Å². The standard InChI is InChI=1S/C23H31N9O2/c33-22(13-18-7-2-1-3-8-18)26-21-17-32(30-28-21)12-5-4-11-31-16-20(27-29-31)23(34)25-15-19-9-6-10-24-14-19/h6,9-10,14,16-18H,1-5,7-8,11-13,15H2,(H,25,34)(H,26,33). The smallest absolute Gasteiger partial charge is 0.273 e. The molecule has 11 nitrogen and oxygen atoms in total. The Labute approximate surface area is 198 Å². The minimum atomic E-state index is -0.268. The Kier molecular flexibility index (Phi) is 8.31. The molecule has 180 valence electrons. The highest BCUT2D eigenvalue weighted by molar-refractivity contribution is 5.91. The molecule has 3 aromatic heterocycles. The van der Waals surface area contributed by atoms with Crippen molar-refractivity contribution in [2.45, 2.75) is 71.0 Å². The third kappa shape index (κ3) is 7.19. The lowest BCUT2D eigenvalue weighted by Crippen LogP contribution is -2.23. The third-order valence-electron chi connectivity index (χ3n) is 5.98. The van der Waals surface area contributed by atoms with Crippen LogP contribution in [0.25, 0.3) is 0 Å². The Morgan fingerprint density at radius 2 is 1.76 bits per heavy atom. The van der Waals surface area contributed by atoms with Crippen molar-refractivity contribution >= 4 is 17.6 Å². The molecule has 34 heavy (non-hydrogen) atoms. The van der Waals surface area contributed by atoms with E-state index < -0.39 is 0 Å². The van der Waals surface area contributed by atoms with E-state index in [9.17, 15) is 9.59 Å². The van der Waals surface area contributed by atoms with Crippen LogP contribution in [0.3, 0.4) is 0 Å². The molecule has 0 bridgehead atoms. The molecule has 0 aliphatic heterocycles. The van der Waals surface area contributed by atoms with Gasteiger partial charge in [-0.2, -0.15) is 0 Å². The Hall–Kier alpha value is -3.63. The van der Waals surface area contributed by atoms with E-state index in [1.165, 1.54) is 19.3 Å². The molecule has 2 N–H and O–H groups in total. The Balaban J connectivity index is 1.13. The van der Waals surface area contributed by atoms with Crippen molar-refractivity contribution in [1.82, 2.24) is 40.3 Å². The summed E-state index contributed by atoms with van der Waals surface area (Å²) in [6.07, 6.45) is 15.1. The lowest BCUT2D eigenvalue weighted by Gasteiger charge is -2.20. The highest BCUT2D eigenvalue weighted by Gasteiger charge is 2.17. The molecule has 0 atom stereocenters. The lowest BCUT2D eigenvalue weighted by molar-refractivity contribution is -0.117. The maximum atomic E-state index is 12.2. The zero-order chi connectivity index (χ0) is 23.6. The number of amides is 2. The number of carbonyl (C=O) groups excluding carboxylic acids is 2. The van der Waals surface area contributed by atoms with Crippen LogP contribution in [-0.4, -0.2) is 46.8 Å². The number of unbranched alkanes of at least 4 members (excludes halogenated alkanes) is 1. The molecule has 2 amide bonds. The molecule has 4 rings (SSSR count). The average Bonchev–Trinajstić information content (AvgIpc) is 3.51. The summed E-state index contributed by atoms with van der Waals surface area (Å²) in [7, 11) is 0. The van der Waals surface area contributed by atoms with Gasteiger partial charge in [0, 0.05) is 38.4 Å². The summed E-state index contributed by atoms with van der Waals surface area (Å²) in [5, 5.41) is 21.8. The quantitative estimate of drug-likeness (QED) is 0.416. The van der Waals surface area contributed by atoms with Gasteiger partial charge in [0.05, 0.1) is 12.4 Å². The van der Waals surface area contributed by atoms with E-state index in [1.807, 2.05) is 12.1 Å². The first-order valence-corrected chi connectivity index (χ1v) is 11.9. The van der Waals surface area contributed by atoms with Crippen LogP contribution in [0.15, 0.2) is 36.9 Å². The molecule has 3 aromatic rings. The maximum absolute atomic E-state index is 12.2. The first-order valence-electron chi connectivity index (χ1n) is 11.9. The van der Waals surface area contributed by atoms with Crippen molar-refractivity contribution in [3.05, 3.63) is 48.2 Å². The van der Waals surface area contributed by atoms with Crippen LogP contribution < -0.4 is 10.6 Å². The van der Waals surface area contributed by atoms with Gasteiger partial charge in [-0.25, -0.2) is 0 Å². The second-order valence-electron chi connectivity index (χ2n) is 8.74. The number of rotatable bonds is 11. The van der Waals surface area contributed by atoms with Crippen molar-refractivity contribution in [3.63, 3.8) is 0 Å². The fourth-order valence-corrected chi connectivity index (χ4v) is 4.15. The molecule has 1 aliphatic rings. The van der Waals surface area contributed by atoms with Gasteiger partial charge in [0.25, 0.3) is 5.91 Å². The zero-order valence-electron chi connectivity index (χ0n) is 19.3. The number of hydrogen-bond donors (Lipinski definition) is 2. The first-order chi connectivity index (χ1) is 16.7. The van der Waals surface area contributed by atoms with Crippen LogP contribution in [0.4, 0.5) is 5.82 Å². The average molecular weight is 466 g/mol. The molecule has 1 saturated carbocycles. The normalized spacial score (nSPS) is 14.1. The molecule has 1 aliphatic carbocycles. The Morgan fingerprint density at radius 3 is 2.53 bits per heavy atom. The summed E-state index contributed by atoms with van der Waals surface area (Å²) < 4.78 is 3.39. The Morgan fingerprint density at radius 1 is 1.00 bits per heavy atom. The van der Waals surface area contributed by atoms with E-state index in [2.05, 4.69) is 36.2 Å². The summed E-state index contributed by atoms with van der Waals surface area (Å²) >= 11 is 0. The predicted molar refractivity (Wildman–Crippen MR) is 125 cm³/mol. The van der Waals surface area contributed by atoms with Gasteiger partial charge in [0.2, 0.25) is 5.91 Å². The molecule has 11 heteroatoms. The number of carbonyl (C=O) groups is 2. The van der Waals surface area contributed by atoms with Gasteiger partial charge in [-0.3, -0.25) is 23.9 Å². The van der Waals surface area contributed by atoms with Gasteiger partial charge in [-0.1, -0.05) is 35.8 Å². The van der Waals surface area contributed by atoms with Crippen molar-refractivity contribution in [1.29, 1.82) is 0 Å². The molecule has 0 aromatic carbocycles. The van der Waals surface area contributed by atoms with Crippen molar-refractivity contribution in [3.8, 4) is 0 Å². The second-order valence-corrected chi connectivity index (χ2v) is 8.74. The third-order valence-corrected chi connectivity index (χ3v) is 5.98. The molecule has 0 spiro atoms. The van der Waals surface area contributed by atoms with E-state index in [-0.39, 0.29) is 17.5 Å². The largest absolute Gasteiger partial charge is 0.346 e. The van der Waals surface area contributed by atoms with E-state index in [4.69, 9.17) is 0 Å². The van der Waals surface area contributed by atoms with Gasteiger partial charge in [-0.15, -0.1) is 10.2 Å². The second kappa shape index (κ2) is 12.0. The van der Waals surface area contributed by atoms with Crippen LogP contribution in [0.5, 0.6) is 0 Å². The number of nitrogens with one attached hydrogen (secondary N) is 2. The Bertz CT molecular complexity index is 1060. The van der Waals surface area contributed by atoms with Crippen LogP contribution >= 0.6 is 0 Å². The molecular formula is C23H31N9O2. The number of pyridine rings is 1. The SMILES string of the molecule is O=C(CC1CCCCC1)Nc1cn(CCCCn2cc(C(=O)NCc3cccnc3)nn2)nn1. The molecule has 0 radical (unpaired) electrons. The molecule has 0 saturated heterocycles. The fraction of sp³-hybridized carbons (Fsp3) is 0.522. The highest BCUT2D eigenvalue weighted by atomic mass is 16.2. The predicted octanol–water partition coefficient (Wildman–Crippen LogP) is 2.58. The summed E-state index contributed by atoms with van der Waals surface area (Å²) in [5.41, 5.74) is 1.21. The van der Waals surface area contributed by atoms with Gasteiger partial charge in [-0.05, 0) is 43.2 Å². The van der Waals surface area contributed by atoms with E-state index >= 15 is 0 Å². The lowest BCUT2D eigenvalue weighted by atomic mass is 9.87. The summed E-state index contributed by atoms with van der Waals surface area (Å²) in [6.45, 7) is 1.71. The van der Waals surface area contributed by atoms with Crippen molar-refractivity contribution < 1.29 is 9.59 Å². The van der Waals surface area contributed by atoms with Gasteiger partial charge in [0.15, 0.2) is 11.5 Å². The van der Waals surface area contributed by atoms with Gasteiger partial charge < -0.3 is 10.6 Å². The minimum Gasteiger partial charge on any atom is -0.346 e. The summed E-state index contributed by atoms with van der Waals surface area (Å²) in [5.74, 6) is 0.744. The zero-order valence-corrected chi connectivity index (χ0v) is 19.3. The van der Waals surface area contributed by atoms with Crippen LogP contribution in [0, 0.1) is 5.92 Å². The highest BCUT2D eigenvalue weighted by Crippen LogP contribution is 2.26. The van der Waals surface area contributed by atoms with Crippen LogP contribution in [-0.2, 0) is 24.4 Å². The van der Waals surface area contributed by atoms with Gasteiger partial charge in [0.1, 0.15) is 0 Å². The number of aromatic nitrogens is 7. The fourth-order valence-electron chi connectivity index (χ4n) is 4.15. The topological polar surface area (TPSA) is 133 Å². The van der Waals surface area contributed by atoms with Crippen LogP contribution in [0.1, 0.15) is 67.4 Å². The number of anilines is 1. The number of hydrogen-bond acceptors (Lipinski definition) is 7. The first kappa shape index (κ1) is 23.5. The minimum absolute atomic E-state index is 0.0189. The van der Waals surface area contributed by atoms with E-state index in [0.717, 1.165) is 31.2 Å². The van der Waals surface area contributed by atoms with Gasteiger partial charge >= 0.3 is 0 Å². The monoisotopic (exact) mass is 465 g/mol.